The Hall–Kier alpha value is -1.88. The lowest BCUT2D eigenvalue weighted by Crippen LogP contribution is -2.52. The maximum atomic E-state index is 12.3. The van der Waals surface area contributed by atoms with Crippen LogP contribution >= 0.6 is 0 Å². The van der Waals surface area contributed by atoms with Crippen molar-refractivity contribution in [1.29, 1.82) is 0 Å². The predicted octanol–water partition coefficient (Wildman–Crippen LogP) is 0.767. The highest BCUT2D eigenvalue weighted by atomic mass is 16.2. The molecule has 2 N–H and O–H groups in total. The molecule has 0 radical (unpaired) electrons. The van der Waals surface area contributed by atoms with Crippen LogP contribution in [0.3, 0.4) is 0 Å². The van der Waals surface area contributed by atoms with Crippen molar-refractivity contribution in [3.05, 3.63) is 35.9 Å². The van der Waals surface area contributed by atoms with Crippen LogP contribution in [-0.4, -0.2) is 47.8 Å². The van der Waals surface area contributed by atoms with Gasteiger partial charge in [0, 0.05) is 32.6 Å². The van der Waals surface area contributed by atoms with Gasteiger partial charge in [0.15, 0.2) is 0 Å². The molecule has 1 fully saturated rings. The molecule has 0 unspecified atom stereocenters. The van der Waals surface area contributed by atoms with Crippen LogP contribution in [0.25, 0.3) is 0 Å². The molecule has 1 aliphatic heterocycles. The number of hydrogen-bond donors (Lipinski definition) is 1. The van der Waals surface area contributed by atoms with Gasteiger partial charge in [-0.15, -0.1) is 0 Å². The zero-order valence-electron chi connectivity index (χ0n) is 11.8. The first-order valence-corrected chi connectivity index (χ1v) is 7.00. The Kier molecular flexibility index (Phi) is 4.74. The summed E-state index contributed by atoms with van der Waals surface area (Å²) in [6.07, 6.45) is 0.511. The Morgan fingerprint density at radius 1 is 1.10 bits per heavy atom. The Morgan fingerprint density at radius 2 is 1.65 bits per heavy atom. The summed E-state index contributed by atoms with van der Waals surface area (Å²) >= 11 is 0. The van der Waals surface area contributed by atoms with Crippen molar-refractivity contribution in [1.82, 2.24) is 9.80 Å². The molecule has 1 saturated heterocycles. The summed E-state index contributed by atoms with van der Waals surface area (Å²) in [5, 5.41) is 0. The van der Waals surface area contributed by atoms with E-state index in [2.05, 4.69) is 0 Å². The van der Waals surface area contributed by atoms with E-state index in [-0.39, 0.29) is 11.8 Å². The fourth-order valence-electron chi connectivity index (χ4n) is 2.40. The second-order valence-electron chi connectivity index (χ2n) is 4.95. The van der Waals surface area contributed by atoms with Gasteiger partial charge in [0.25, 0.3) is 0 Å². The minimum Gasteiger partial charge on any atom is -0.339 e. The summed E-state index contributed by atoms with van der Waals surface area (Å²) in [6.45, 7) is 4.17. The second kappa shape index (κ2) is 6.52. The zero-order valence-corrected chi connectivity index (χ0v) is 11.8. The van der Waals surface area contributed by atoms with Gasteiger partial charge in [-0.2, -0.15) is 0 Å². The quantitative estimate of drug-likeness (QED) is 0.886. The Balaban J connectivity index is 1.93. The average molecular weight is 275 g/mol. The lowest BCUT2D eigenvalue weighted by molar-refractivity contribution is -0.140. The lowest BCUT2D eigenvalue weighted by Gasteiger charge is -2.35. The van der Waals surface area contributed by atoms with Crippen LogP contribution in [0.15, 0.2) is 30.3 Å². The monoisotopic (exact) mass is 275 g/mol. The van der Waals surface area contributed by atoms with E-state index in [9.17, 15) is 9.59 Å². The number of carbonyl (C=O) groups excluding carboxylic acids is 2. The molecule has 0 bridgehead atoms. The van der Waals surface area contributed by atoms with Gasteiger partial charge in [0.1, 0.15) is 6.04 Å². The summed E-state index contributed by atoms with van der Waals surface area (Å²) < 4.78 is 0. The van der Waals surface area contributed by atoms with Gasteiger partial charge >= 0.3 is 0 Å². The van der Waals surface area contributed by atoms with Crippen molar-refractivity contribution in [3.8, 4) is 0 Å². The van der Waals surface area contributed by atoms with E-state index < -0.39 is 6.04 Å². The molecule has 0 aromatic heterocycles. The maximum absolute atomic E-state index is 12.3. The molecular formula is C15H21N3O2. The van der Waals surface area contributed by atoms with Crippen LogP contribution in [0.1, 0.15) is 24.9 Å². The Bertz CT molecular complexity index is 467. The van der Waals surface area contributed by atoms with Crippen molar-refractivity contribution in [2.45, 2.75) is 19.4 Å². The normalized spacial score (nSPS) is 16.9. The molecule has 2 amide bonds. The van der Waals surface area contributed by atoms with Gasteiger partial charge in [-0.05, 0) is 5.56 Å². The van der Waals surface area contributed by atoms with Gasteiger partial charge in [0.05, 0.1) is 0 Å². The first-order valence-electron chi connectivity index (χ1n) is 7.00. The van der Waals surface area contributed by atoms with Crippen LogP contribution in [0, 0.1) is 0 Å². The fourth-order valence-corrected chi connectivity index (χ4v) is 2.40. The Morgan fingerprint density at radius 3 is 2.20 bits per heavy atom. The molecule has 1 aliphatic rings. The third kappa shape index (κ3) is 3.17. The topological polar surface area (TPSA) is 66.6 Å². The smallest absolute Gasteiger partial charge is 0.244 e. The van der Waals surface area contributed by atoms with Gasteiger partial charge in [-0.1, -0.05) is 37.3 Å². The molecule has 5 heteroatoms. The fraction of sp³-hybridized carbons (Fsp3) is 0.467. The van der Waals surface area contributed by atoms with Crippen LogP contribution < -0.4 is 5.73 Å². The van der Waals surface area contributed by atoms with E-state index in [0.29, 0.717) is 32.6 Å². The largest absolute Gasteiger partial charge is 0.339 e. The molecule has 1 heterocycles. The standard InChI is InChI=1S/C15H21N3O2/c1-2-13(19)17-8-10-18(11-9-17)15(20)14(16)12-6-4-3-5-7-12/h3-7,14H,2,8-11,16H2,1H3/t14-/m0/s1. The number of nitrogens with zero attached hydrogens (tertiary/aromatic N) is 2. The molecule has 1 atom stereocenters. The van der Waals surface area contributed by atoms with Crippen molar-refractivity contribution in [2.24, 2.45) is 5.73 Å². The summed E-state index contributed by atoms with van der Waals surface area (Å²) in [7, 11) is 0. The third-order valence-electron chi connectivity index (χ3n) is 3.67. The number of nitrogens with two attached hydrogens (primary N) is 1. The molecule has 20 heavy (non-hydrogen) atoms. The van der Waals surface area contributed by atoms with E-state index in [1.807, 2.05) is 37.3 Å². The minimum absolute atomic E-state index is 0.0696. The van der Waals surface area contributed by atoms with E-state index in [4.69, 9.17) is 5.73 Å². The lowest BCUT2D eigenvalue weighted by atomic mass is 10.1. The maximum Gasteiger partial charge on any atom is 0.244 e. The minimum atomic E-state index is -0.621. The molecule has 1 aromatic rings. The highest BCUT2D eigenvalue weighted by Crippen LogP contribution is 2.14. The zero-order chi connectivity index (χ0) is 14.5. The van der Waals surface area contributed by atoms with Gasteiger partial charge in [-0.3, -0.25) is 9.59 Å². The third-order valence-corrected chi connectivity index (χ3v) is 3.67. The van der Waals surface area contributed by atoms with Gasteiger partial charge in [0.2, 0.25) is 11.8 Å². The van der Waals surface area contributed by atoms with Crippen LogP contribution in [0.5, 0.6) is 0 Å². The van der Waals surface area contributed by atoms with Crippen molar-refractivity contribution >= 4 is 11.8 Å². The number of amides is 2. The van der Waals surface area contributed by atoms with Crippen LogP contribution in [0.4, 0.5) is 0 Å². The van der Waals surface area contributed by atoms with Crippen molar-refractivity contribution < 1.29 is 9.59 Å². The summed E-state index contributed by atoms with van der Waals surface area (Å²) in [5.41, 5.74) is 6.84. The number of hydrogen-bond acceptors (Lipinski definition) is 3. The number of carbonyl (C=O) groups is 2. The summed E-state index contributed by atoms with van der Waals surface area (Å²) in [4.78, 5) is 27.5. The molecular weight excluding hydrogens is 254 g/mol. The highest BCUT2D eigenvalue weighted by Gasteiger charge is 2.27. The van der Waals surface area contributed by atoms with Crippen LogP contribution in [0.2, 0.25) is 0 Å². The van der Waals surface area contributed by atoms with Crippen LogP contribution in [-0.2, 0) is 9.59 Å². The second-order valence-corrected chi connectivity index (χ2v) is 4.95. The summed E-state index contributed by atoms with van der Waals surface area (Å²) in [6, 6.07) is 8.75. The molecule has 0 saturated carbocycles. The van der Waals surface area contributed by atoms with Crippen molar-refractivity contribution in [2.75, 3.05) is 26.2 Å². The molecule has 0 spiro atoms. The van der Waals surface area contributed by atoms with E-state index >= 15 is 0 Å². The summed E-state index contributed by atoms with van der Waals surface area (Å²) in [5.74, 6) is 0.0734. The SMILES string of the molecule is CCC(=O)N1CCN(C(=O)[C@@H](N)c2ccccc2)CC1. The van der Waals surface area contributed by atoms with Gasteiger partial charge in [-0.25, -0.2) is 0 Å². The van der Waals surface area contributed by atoms with E-state index in [1.54, 1.807) is 9.80 Å². The molecule has 5 nitrogen and oxygen atoms in total. The molecule has 1 aromatic carbocycles. The molecule has 2 rings (SSSR count). The van der Waals surface area contributed by atoms with E-state index in [1.165, 1.54) is 0 Å². The first-order chi connectivity index (χ1) is 9.63. The predicted molar refractivity (Wildman–Crippen MR) is 76.8 cm³/mol. The number of rotatable bonds is 3. The van der Waals surface area contributed by atoms with Crippen molar-refractivity contribution in [3.63, 3.8) is 0 Å². The number of piperazine rings is 1. The van der Waals surface area contributed by atoms with E-state index in [0.717, 1.165) is 5.56 Å². The molecule has 0 aliphatic carbocycles. The number of benzene rings is 1. The molecule has 108 valence electrons. The highest BCUT2D eigenvalue weighted by molar-refractivity contribution is 5.83. The Labute approximate surface area is 119 Å². The van der Waals surface area contributed by atoms with Gasteiger partial charge < -0.3 is 15.5 Å². The first kappa shape index (κ1) is 14.5. The average Bonchev–Trinajstić information content (AvgIpc) is 2.53.